The van der Waals surface area contributed by atoms with E-state index in [0.29, 0.717) is 16.1 Å². The minimum atomic E-state index is -0.415. The fourth-order valence-corrected chi connectivity index (χ4v) is 1.47. The Labute approximate surface area is 106 Å². The van der Waals surface area contributed by atoms with Gasteiger partial charge in [0.15, 0.2) is 10.4 Å². The van der Waals surface area contributed by atoms with Gasteiger partial charge in [-0.1, -0.05) is 0 Å². The minimum absolute atomic E-state index is 0.188. The maximum atomic E-state index is 11.6. The van der Waals surface area contributed by atoms with Gasteiger partial charge in [-0.05, 0) is 47.1 Å². The van der Waals surface area contributed by atoms with Crippen LogP contribution in [0.4, 0.5) is 0 Å². The van der Waals surface area contributed by atoms with Crippen molar-refractivity contribution in [1.82, 2.24) is 5.43 Å². The molecule has 5 nitrogen and oxygen atoms in total. The van der Waals surface area contributed by atoms with Crippen LogP contribution in [-0.2, 0) is 0 Å². The molecule has 0 aliphatic heterocycles. The number of amides is 1. The highest BCUT2D eigenvalue weighted by molar-refractivity contribution is 9.10. The topological polar surface area (TPSA) is 67.7 Å². The predicted octanol–water partition coefficient (Wildman–Crippen LogP) is 2.79. The Kier molecular flexibility index (Phi) is 3.43. The van der Waals surface area contributed by atoms with E-state index in [1.54, 1.807) is 37.5 Å². The number of hydrogen-bond donors (Lipinski definition) is 1. The Morgan fingerprint density at radius 1 is 1.35 bits per heavy atom. The first kappa shape index (κ1) is 11.7. The number of nitrogens with one attached hydrogen (secondary N) is 1. The van der Waals surface area contributed by atoms with Crippen LogP contribution < -0.4 is 5.43 Å². The Hall–Kier alpha value is -1.82. The zero-order valence-corrected chi connectivity index (χ0v) is 10.5. The molecule has 6 heteroatoms. The van der Waals surface area contributed by atoms with Crippen LogP contribution in [0.3, 0.4) is 0 Å². The van der Waals surface area contributed by atoms with Crippen LogP contribution >= 0.6 is 15.9 Å². The van der Waals surface area contributed by atoms with Gasteiger partial charge in [-0.25, -0.2) is 5.43 Å². The zero-order chi connectivity index (χ0) is 12.3. The Morgan fingerprint density at radius 2 is 2.18 bits per heavy atom. The molecule has 0 saturated heterocycles. The fraction of sp³-hybridized carbons (Fsp3) is 0.0909. The van der Waals surface area contributed by atoms with Gasteiger partial charge >= 0.3 is 5.91 Å². The van der Waals surface area contributed by atoms with Crippen molar-refractivity contribution in [3.8, 4) is 0 Å². The van der Waals surface area contributed by atoms with E-state index in [-0.39, 0.29) is 5.76 Å². The Balaban J connectivity index is 2.03. The Bertz CT molecular complexity index is 543. The van der Waals surface area contributed by atoms with Crippen LogP contribution in [-0.4, -0.2) is 11.6 Å². The second-order valence-corrected chi connectivity index (χ2v) is 4.00. The molecular formula is C11H9BrN2O3. The van der Waals surface area contributed by atoms with E-state index < -0.39 is 5.91 Å². The van der Waals surface area contributed by atoms with Crippen molar-refractivity contribution in [2.45, 2.75) is 6.92 Å². The number of hydrazone groups is 1. The largest absolute Gasteiger partial charge is 0.463 e. The molecule has 0 radical (unpaired) electrons. The van der Waals surface area contributed by atoms with Gasteiger partial charge in [0, 0.05) is 0 Å². The van der Waals surface area contributed by atoms with E-state index in [1.807, 2.05) is 0 Å². The standard InChI is InChI=1S/C11H9BrN2O3/c1-7(8-3-2-6-16-8)13-14-11(15)9-4-5-10(12)17-9/h2-6H,1H3,(H,14,15). The molecule has 2 aromatic rings. The third-order valence-corrected chi connectivity index (χ3v) is 2.43. The lowest BCUT2D eigenvalue weighted by molar-refractivity contribution is 0.0926. The highest BCUT2D eigenvalue weighted by atomic mass is 79.9. The quantitative estimate of drug-likeness (QED) is 0.699. The zero-order valence-electron chi connectivity index (χ0n) is 8.94. The lowest BCUT2D eigenvalue weighted by Gasteiger charge is -1.97. The molecule has 0 saturated carbocycles. The highest BCUT2D eigenvalue weighted by Gasteiger charge is 2.09. The summed E-state index contributed by atoms with van der Waals surface area (Å²) >= 11 is 3.11. The maximum absolute atomic E-state index is 11.6. The summed E-state index contributed by atoms with van der Waals surface area (Å²) < 4.78 is 10.7. The first-order valence-corrected chi connectivity index (χ1v) is 5.60. The van der Waals surface area contributed by atoms with Gasteiger partial charge in [0.05, 0.1) is 6.26 Å². The van der Waals surface area contributed by atoms with Crippen LogP contribution in [0.1, 0.15) is 23.2 Å². The lowest BCUT2D eigenvalue weighted by atomic mass is 10.3. The van der Waals surface area contributed by atoms with Crippen LogP contribution in [0.5, 0.6) is 0 Å². The van der Waals surface area contributed by atoms with E-state index in [2.05, 4.69) is 26.5 Å². The average molecular weight is 297 g/mol. The van der Waals surface area contributed by atoms with Gasteiger partial charge in [-0.3, -0.25) is 4.79 Å². The SMILES string of the molecule is CC(=NNC(=O)c1ccc(Br)o1)c1ccco1. The van der Waals surface area contributed by atoms with Crippen molar-refractivity contribution >= 4 is 27.5 Å². The molecule has 88 valence electrons. The Morgan fingerprint density at radius 3 is 2.76 bits per heavy atom. The van der Waals surface area contributed by atoms with Crippen molar-refractivity contribution in [2.75, 3.05) is 0 Å². The third kappa shape index (κ3) is 2.85. The number of halogens is 1. The molecule has 0 unspecified atom stereocenters. The summed E-state index contributed by atoms with van der Waals surface area (Å²) in [5.41, 5.74) is 2.95. The lowest BCUT2D eigenvalue weighted by Crippen LogP contribution is -2.18. The number of carbonyl (C=O) groups excluding carboxylic acids is 1. The predicted molar refractivity (Wildman–Crippen MR) is 64.8 cm³/mol. The van der Waals surface area contributed by atoms with Crippen molar-refractivity contribution < 1.29 is 13.6 Å². The van der Waals surface area contributed by atoms with Crippen molar-refractivity contribution in [1.29, 1.82) is 0 Å². The molecule has 2 aromatic heterocycles. The van der Waals surface area contributed by atoms with Crippen LogP contribution in [0.15, 0.2) is 49.1 Å². The summed E-state index contributed by atoms with van der Waals surface area (Å²) in [5, 5.41) is 3.90. The summed E-state index contributed by atoms with van der Waals surface area (Å²) in [5.74, 6) is 0.375. The molecular weight excluding hydrogens is 288 g/mol. The van der Waals surface area contributed by atoms with Gasteiger partial charge in [0.1, 0.15) is 11.5 Å². The number of nitrogens with zero attached hydrogens (tertiary/aromatic N) is 1. The molecule has 0 fully saturated rings. The first-order chi connectivity index (χ1) is 8.16. The van der Waals surface area contributed by atoms with Crippen LogP contribution in [0.25, 0.3) is 0 Å². The molecule has 0 bridgehead atoms. The molecule has 17 heavy (non-hydrogen) atoms. The molecule has 1 N–H and O–H groups in total. The molecule has 2 heterocycles. The summed E-state index contributed by atoms with van der Waals surface area (Å²) in [4.78, 5) is 11.6. The molecule has 1 amide bonds. The van der Waals surface area contributed by atoms with Crippen molar-refractivity contribution in [3.05, 3.63) is 46.7 Å². The number of furan rings is 2. The summed E-state index contributed by atoms with van der Waals surface area (Å²) in [7, 11) is 0. The smallest absolute Gasteiger partial charge is 0.307 e. The normalized spacial score (nSPS) is 11.5. The summed E-state index contributed by atoms with van der Waals surface area (Å²) in [6, 6.07) is 6.70. The molecule has 2 rings (SSSR count). The number of carbonyl (C=O) groups is 1. The molecule has 0 atom stereocenters. The minimum Gasteiger partial charge on any atom is -0.463 e. The van der Waals surface area contributed by atoms with Gasteiger partial charge < -0.3 is 8.83 Å². The fourth-order valence-electron chi connectivity index (χ4n) is 1.17. The maximum Gasteiger partial charge on any atom is 0.307 e. The van der Waals surface area contributed by atoms with E-state index in [1.165, 1.54) is 0 Å². The van der Waals surface area contributed by atoms with Crippen LogP contribution in [0.2, 0.25) is 0 Å². The van der Waals surface area contributed by atoms with Crippen molar-refractivity contribution in [2.24, 2.45) is 5.10 Å². The van der Waals surface area contributed by atoms with Gasteiger partial charge in [0.2, 0.25) is 0 Å². The molecule has 0 aromatic carbocycles. The van der Waals surface area contributed by atoms with Gasteiger partial charge in [-0.2, -0.15) is 5.10 Å². The number of rotatable bonds is 3. The highest BCUT2D eigenvalue weighted by Crippen LogP contribution is 2.13. The van der Waals surface area contributed by atoms with E-state index in [4.69, 9.17) is 8.83 Å². The van der Waals surface area contributed by atoms with Crippen molar-refractivity contribution in [3.63, 3.8) is 0 Å². The molecule has 0 aliphatic carbocycles. The monoisotopic (exact) mass is 296 g/mol. The average Bonchev–Trinajstić information content (AvgIpc) is 2.95. The summed E-state index contributed by atoms with van der Waals surface area (Å²) in [6.07, 6.45) is 1.54. The van der Waals surface area contributed by atoms with E-state index in [9.17, 15) is 4.79 Å². The second kappa shape index (κ2) is 5.01. The van der Waals surface area contributed by atoms with Crippen LogP contribution in [0, 0.1) is 0 Å². The number of hydrogen-bond acceptors (Lipinski definition) is 4. The van der Waals surface area contributed by atoms with Gasteiger partial charge in [-0.15, -0.1) is 0 Å². The van der Waals surface area contributed by atoms with Gasteiger partial charge in [0.25, 0.3) is 0 Å². The molecule has 0 spiro atoms. The first-order valence-electron chi connectivity index (χ1n) is 4.80. The summed E-state index contributed by atoms with van der Waals surface area (Å²) in [6.45, 7) is 1.73. The third-order valence-electron chi connectivity index (χ3n) is 2.00. The van der Waals surface area contributed by atoms with E-state index >= 15 is 0 Å². The second-order valence-electron chi connectivity index (χ2n) is 3.22. The van der Waals surface area contributed by atoms with E-state index in [0.717, 1.165) is 0 Å². The molecule has 0 aliphatic rings.